The van der Waals surface area contributed by atoms with Crippen LogP contribution < -0.4 is 5.32 Å². The lowest BCUT2D eigenvalue weighted by atomic mass is 9.83. The lowest BCUT2D eigenvalue weighted by Gasteiger charge is -2.34. The summed E-state index contributed by atoms with van der Waals surface area (Å²) < 4.78 is 0. The Morgan fingerprint density at radius 2 is 1.62 bits per heavy atom. The van der Waals surface area contributed by atoms with Gasteiger partial charge in [-0.05, 0) is 17.8 Å². The summed E-state index contributed by atoms with van der Waals surface area (Å²) in [6, 6.07) is 0.312. The van der Waals surface area contributed by atoms with E-state index in [4.69, 9.17) is 0 Å². The second kappa shape index (κ2) is 5.03. The van der Waals surface area contributed by atoms with Crippen molar-refractivity contribution in [2.45, 2.75) is 54.0 Å². The van der Waals surface area contributed by atoms with Crippen LogP contribution in [0.15, 0.2) is 11.3 Å². The maximum atomic E-state index is 12.2. The summed E-state index contributed by atoms with van der Waals surface area (Å²) in [6.07, 6.45) is 0.654. The van der Waals surface area contributed by atoms with E-state index in [9.17, 15) is 4.79 Å². The Kier molecular flexibility index (Phi) is 4.17. The molecule has 0 aromatic carbocycles. The lowest BCUT2D eigenvalue weighted by Crippen LogP contribution is -2.43. The van der Waals surface area contributed by atoms with Crippen molar-refractivity contribution in [3.63, 3.8) is 0 Å². The summed E-state index contributed by atoms with van der Waals surface area (Å²) in [4.78, 5) is 12.2. The summed E-state index contributed by atoms with van der Waals surface area (Å²) in [6.45, 7) is 12.9. The van der Waals surface area contributed by atoms with Gasteiger partial charge >= 0.3 is 0 Å². The minimum atomic E-state index is 0.312. The van der Waals surface area contributed by atoms with E-state index in [1.165, 1.54) is 5.70 Å². The second-order valence-corrected chi connectivity index (χ2v) is 5.76. The molecule has 0 aromatic heterocycles. The molecule has 1 unspecified atom stereocenters. The molecule has 2 nitrogen and oxygen atoms in total. The first-order valence-electron chi connectivity index (χ1n) is 6.38. The lowest BCUT2D eigenvalue weighted by molar-refractivity contribution is -0.117. The van der Waals surface area contributed by atoms with Gasteiger partial charge in [-0.15, -0.1) is 0 Å². The van der Waals surface area contributed by atoms with Crippen molar-refractivity contribution in [3.8, 4) is 0 Å². The Morgan fingerprint density at radius 1 is 1.06 bits per heavy atom. The fourth-order valence-electron chi connectivity index (χ4n) is 2.30. The van der Waals surface area contributed by atoms with Crippen LogP contribution in [0.3, 0.4) is 0 Å². The van der Waals surface area contributed by atoms with E-state index in [1.807, 2.05) is 0 Å². The average Bonchev–Trinajstić information content (AvgIpc) is 2.15. The van der Waals surface area contributed by atoms with Crippen LogP contribution in [0, 0.1) is 17.8 Å². The van der Waals surface area contributed by atoms with E-state index in [1.54, 1.807) is 0 Å². The highest BCUT2D eigenvalue weighted by molar-refractivity contribution is 5.97. The van der Waals surface area contributed by atoms with Gasteiger partial charge in [-0.3, -0.25) is 4.79 Å². The van der Waals surface area contributed by atoms with Gasteiger partial charge in [-0.25, -0.2) is 0 Å². The van der Waals surface area contributed by atoms with Crippen molar-refractivity contribution in [3.05, 3.63) is 11.3 Å². The van der Waals surface area contributed by atoms with Crippen molar-refractivity contribution in [2.75, 3.05) is 0 Å². The summed E-state index contributed by atoms with van der Waals surface area (Å²) in [5.74, 6) is 1.58. The van der Waals surface area contributed by atoms with Crippen LogP contribution in [-0.4, -0.2) is 11.8 Å². The molecule has 1 rings (SSSR count). The number of nitrogens with one attached hydrogen (secondary N) is 1. The van der Waals surface area contributed by atoms with Crippen LogP contribution in [0.2, 0.25) is 0 Å². The molecule has 1 aliphatic heterocycles. The van der Waals surface area contributed by atoms with Crippen LogP contribution in [0.4, 0.5) is 0 Å². The molecule has 0 saturated carbocycles. The molecule has 92 valence electrons. The Morgan fingerprint density at radius 3 is 2.00 bits per heavy atom. The smallest absolute Gasteiger partial charge is 0.162 e. The minimum Gasteiger partial charge on any atom is -0.384 e. The predicted octanol–water partition coefficient (Wildman–Crippen LogP) is 3.14. The molecule has 16 heavy (non-hydrogen) atoms. The first-order valence-corrected chi connectivity index (χ1v) is 6.38. The average molecular weight is 223 g/mol. The first-order chi connectivity index (χ1) is 7.34. The van der Waals surface area contributed by atoms with E-state index >= 15 is 0 Å². The van der Waals surface area contributed by atoms with Gasteiger partial charge in [0.2, 0.25) is 0 Å². The van der Waals surface area contributed by atoms with Crippen LogP contribution in [0.25, 0.3) is 0 Å². The van der Waals surface area contributed by atoms with E-state index in [0.717, 1.165) is 5.57 Å². The maximum absolute atomic E-state index is 12.2. The van der Waals surface area contributed by atoms with E-state index < -0.39 is 0 Å². The first kappa shape index (κ1) is 13.3. The van der Waals surface area contributed by atoms with Gasteiger partial charge in [-0.1, -0.05) is 41.5 Å². The predicted molar refractivity (Wildman–Crippen MR) is 68.1 cm³/mol. The molecular weight excluding hydrogens is 198 g/mol. The van der Waals surface area contributed by atoms with Gasteiger partial charge in [0.25, 0.3) is 0 Å². The van der Waals surface area contributed by atoms with Crippen molar-refractivity contribution in [2.24, 2.45) is 17.8 Å². The summed E-state index contributed by atoms with van der Waals surface area (Å²) in [5, 5.41) is 3.57. The largest absolute Gasteiger partial charge is 0.384 e. The maximum Gasteiger partial charge on any atom is 0.162 e. The van der Waals surface area contributed by atoms with Gasteiger partial charge in [0, 0.05) is 23.7 Å². The number of Topliss-reactive ketones (excluding diaryl/α,β-unsaturated/α-hetero) is 1. The van der Waals surface area contributed by atoms with Crippen LogP contribution in [-0.2, 0) is 4.79 Å². The van der Waals surface area contributed by atoms with Crippen molar-refractivity contribution in [1.29, 1.82) is 0 Å². The summed E-state index contributed by atoms with van der Waals surface area (Å²) in [7, 11) is 0. The molecule has 0 fully saturated rings. The van der Waals surface area contributed by atoms with E-state index in [0.29, 0.717) is 36.0 Å². The van der Waals surface area contributed by atoms with E-state index in [-0.39, 0.29) is 0 Å². The normalized spacial score (nSPS) is 22.3. The van der Waals surface area contributed by atoms with E-state index in [2.05, 4.69) is 46.9 Å². The highest BCUT2D eigenvalue weighted by Crippen LogP contribution is 2.28. The second-order valence-electron chi connectivity index (χ2n) is 5.76. The van der Waals surface area contributed by atoms with Gasteiger partial charge in [-0.2, -0.15) is 0 Å². The Bertz CT molecular complexity index is 300. The Labute approximate surface area is 99.5 Å². The fourth-order valence-corrected chi connectivity index (χ4v) is 2.30. The molecule has 1 heterocycles. The van der Waals surface area contributed by atoms with Crippen molar-refractivity contribution in [1.82, 2.24) is 5.32 Å². The third kappa shape index (κ3) is 2.66. The molecule has 1 N–H and O–H groups in total. The summed E-state index contributed by atoms with van der Waals surface area (Å²) in [5.41, 5.74) is 2.19. The topological polar surface area (TPSA) is 29.1 Å². The Hall–Kier alpha value is -0.790. The molecule has 0 spiro atoms. The van der Waals surface area contributed by atoms with Gasteiger partial charge in [0.1, 0.15) is 0 Å². The zero-order valence-electron chi connectivity index (χ0n) is 11.4. The minimum absolute atomic E-state index is 0.312. The molecule has 0 aliphatic carbocycles. The molecule has 1 aliphatic rings. The van der Waals surface area contributed by atoms with Gasteiger partial charge in [0.15, 0.2) is 5.78 Å². The van der Waals surface area contributed by atoms with Gasteiger partial charge in [0.05, 0.1) is 0 Å². The van der Waals surface area contributed by atoms with Crippen LogP contribution in [0.1, 0.15) is 48.0 Å². The fraction of sp³-hybridized carbons (Fsp3) is 0.786. The number of hydrogen-bond acceptors (Lipinski definition) is 2. The number of allylic oxidation sites excluding steroid dienone is 2. The highest BCUT2D eigenvalue weighted by Gasteiger charge is 2.30. The molecular formula is C14H25NO. The number of hydrogen-bond donors (Lipinski definition) is 1. The number of carbonyl (C=O) groups excluding carboxylic acids is 1. The molecule has 0 radical (unpaired) electrons. The molecule has 1 atom stereocenters. The number of rotatable bonds is 3. The molecule has 0 aromatic rings. The highest BCUT2D eigenvalue weighted by atomic mass is 16.1. The third-order valence-electron chi connectivity index (χ3n) is 3.30. The van der Waals surface area contributed by atoms with Crippen LogP contribution >= 0.6 is 0 Å². The zero-order chi connectivity index (χ0) is 12.5. The Balaban J connectivity index is 3.07. The standard InChI is InChI=1S/C14H25NO/c1-8(2)11-7-12(16)13(9(3)4)14(15-11)10(5)6/h8-11,15H,7H2,1-6H3. The summed E-state index contributed by atoms with van der Waals surface area (Å²) >= 11 is 0. The number of carbonyl (C=O) groups is 1. The molecule has 0 bridgehead atoms. The third-order valence-corrected chi connectivity index (χ3v) is 3.30. The number of ketones is 1. The SMILES string of the molecule is CC(C)C1=C(C(C)C)C(=O)CC(C(C)C)N1. The van der Waals surface area contributed by atoms with Gasteiger partial charge < -0.3 is 5.32 Å². The zero-order valence-corrected chi connectivity index (χ0v) is 11.4. The van der Waals surface area contributed by atoms with Crippen molar-refractivity contribution < 1.29 is 4.79 Å². The van der Waals surface area contributed by atoms with Crippen molar-refractivity contribution >= 4 is 5.78 Å². The molecule has 0 saturated heterocycles. The van der Waals surface area contributed by atoms with Crippen LogP contribution in [0.5, 0.6) is 0 Å². The monoisotopic (exact) mass is 223 g/mol. The molecule has 2 heteroatoms. The quantitative estimate of drug-likeness (QED) is 0.796. The molecule has 0 amide bonds.